The van der Waals surface area contributed by atoms with E-state index in [0.29, 0.717) is 31.2 Å². The molecule has 0 bridgehead atoms. The Morgan fingerprint density at radius 3 is 2.75 bits per heavy atom. The van der Waals surface area contributed by atoms with Crippen molar-refractivity contribution in [3.63, 3.8) is 0 Å². The molecule has 0 spiro atoms. The molecule has 2 N–H and O–H groups in total. The number of ether oxygens (including phenoxy) is 1. The second kappa shape index (κ2) is 7.12. The van der Waals surface area contributed by atoms with E-state index in [1.165, 1.54) is 25.0 Å². The van der Waals surface area contributed by atoms with Crippen molar-refractivity contribution in [1.29, 1.82) is 0 Å². The number of urea groups is 1. The van der Waals surface area contributed by atoms with Gasteiger partial charge in [-0.25, -0.2) is 9.18 Å². The molecule has 1 aromatic rings. The summed E-state index contributed by atoms with van der Waals surface area (Å²) in [6, 6.07) is 6.04. The normalized spacial score (nSPS) is 15.5. The lowest BCUT2D eigenvalue weighted by molar-refractivity contribution is 0.234. The predicted molar refractivity (Wildman–Crippen MR) is 75.2 cm³/mol. The van der Waals surface area contributed by atoms with Crippen LogP contribution in [0.3, 0.4) is 0 Å². The van der Waals surface area contributed by atoms with Crippen LogP contribution >= 0.6 is 0 Å². The lowest BCUT2D eigenvalue weighted by atomic mass is 10.2. The van der Waals surface area contributed by atoms with Crippen molar-refractivity contribution in [3.05, 3.63) is 30.1 Å². The van der Waals surface area contributed by atoms with Crippen molar-refractivity contribution in [1.82, 2.24) is 10.6 Å². The Morgan fingerprint density at radius 2 is 2.10 bits per heavy atom. The van der Waals surface area contributed by atoms with Gasteiger partial charge in [-0.3, -0.25) is 0 Å². The van der Waals surface area contributed by atoms with Crippen molar-refractivity contribution >= 4 is 6.03 Å². The first-order valence-corrected chi connectivity index (χ1v) is 7.08. The maximum absolute atomic E-state index is 12.7. The predicted octanol–water partition coefficient (Wildman–Crippen LogP) is 2.69. The molecule has 5 heteroatoms. The fourth-order valence-corrected chi connectivity index (χ4v) is 1.97. The SMILES string of the molecule is CC(NC(=O)NCCCOc1ccc(F)cc1)C1CC1. The number of hydrogen-bond donors (Lipinski definition) is 2. The van der Waals surface area contributed by atoms with Crippen molar-refractivity contribution in [2.75, 3.05) is 13.2 Å². The fraction of sp³-hybridized carbons (Fsp3) is 0.533. The summed E-state index contributed by atoms with van der Waals surface area (Å²) < 4.78 is 18.1. The largest absolute Gasteiger partial charge is 0.494 e. The van der Waals surface area contributed by atoms with E-state index >= 15 is 0 Å². The van der Waals surface area contributed by atoms with E-state index in [1.54, 1.807) is 12.1 Å². The average Bonchev–Trinajstić information content (AvgIpc) is 3.25. The Hall–Kier alpha value is -1.78. The molecule has 0 heterocycles. The molecule has 1 atom stereocenters. The maximum Gasteiger partial charge on any atom is 0.315 e. The molecule has 1 fully saturated rings. The Balaban J connectivity index is 1.52. The Labute approximate surface area is 118 Å². The lowest BCUT2D eigenvalue weighted by Crippen LogP contribution is -2.42. The summed E-state index contributed by atoms with van der Waals surface area (Å²) in [6.45, 7) is 3.09. The third kappa shape index (κ3) is 5.07. The third-order valence-electron chi connectivity index (χ3n) is 3.38. The van der Waals surface area contributed by atoms with Crippen LogP contribution in [0.15, 0.2) is 24.3 Å². The molecule has 1 saturated carbocycles. The Kier molecular flexibility index (Phi) is 5.21. The zero-order valence-electron chi connectivity index (χ0n) is 11.7. The highest BCUT2D eigenvalue weighted by Crippen LogP contribution is 2.32. The molecule has 4 nitrogen and oxygen atoms in total. The Bertz CT molecular complexity index is 432. The van der Waals surface area contributed by atoms with Gasteiger partial charge in [0.1, 0.15) is 11.6 Å². The summed E-state index contributed by atoms with van der Waals surface area (Å²) in [4.78, 5) is 11.6. The molecule has 2 amide bonds. The van der Waals surface area contributed by atoms with Gasteiger partial charge in [-0.1, -0.05) is 0 Å². The zero-order chi connectivity index (χ0) is 14.4. The molecule has 1 unspecified atom stereocenters. The van der Waals surface area contributed by atoms with Crippen molar-refractivity contribution in [3.8, 4) is 5.75 Å². The number of rotatable bonds is 7. The van der Waals surface area contributed by atoms with E-state index in [4.69, 9.17) is 4.74 Å². The van der Waals surface area contributed by atoms with Gasteiger partial charge in [-0.2, -0.15) is 0 Å². The van der Waals surface area contributed by atoms with Crippen LogP contribution in [0.2, 0.25) is 0 Å². The van der Waals surface area contributed by atoms with E-state index < -0.39 is 0 Å². The highest BCUT2D eigenvalue weighted by atomic mass is 19.1. The third-order valence-corrected chi connectivity index (χ3v) is 3.38. The van der Waals surface area contributed by atoms with Gasteiger partial charge in [-0.15, -0.1) is 0 Å². The van der Waals surface area contributed by atoms with Gasteiger partial charge in [-0.05, 0) is 56.4 Å². The molecule has 110 valence electrons. The van der Waals surface area contributed by atoms with Gasteiger partial charge in [0.15, 0.2) is 0 Å². The van der Waals surface area contributed by atoms with E-state index in [-0.39, 0.29) is 17.9 Å². The number of amides is 2. The first-order valence-electron chi connectivity index (χ1n) is 7.08. The molecular formula is C15H21FN2O2. The number of benzene rings is 1. The maximum atomic E-state index is 12.7. The molecule has 20 heavy (non-hydrogen) atoms. The van der Waals surface area contributed by atoms with Gasteiger partial charge < -0.3 is 15.4 Å². The first-order chi connectivity index (χ1) is 9.65. The highest BCUT2D eigenvalue weighted by Gasteiger charge is 2.28. The topological polar surface area (TPSA) is 50.4 Å². The second-order valence-electron chi connectivity index (χ2n) is 5.18. The minimum atomic E-state index is -0.277. The molecule has 1 aromatic carbocycles. The summed E-state index contributed by atoms with van der Waals surface area (Å²) >= 11 is 0. The van der Waals surface area contributed by atoms with Crippen LogP contribution in [0.1, 0.15) is 26.2 Å². The van der Waals surface area contributed by atoms with Crippen molar-refractivity contribution < 1.29 is 13.9 Å². The number of carbonyl (C=O) groups excluding carboxylic acids is 1. The monoisotopic (exact) mass is 280 g/mol. The van der Waals surface area contributed by atoms with Gasteiger partial charge in [0.05, 0.1) is 6.61 Å². The smallest absolute Gasteiger partial charge is 0.315 e. The number of halogens is 1. The molecule has 0 aromatic heterocycles. The molecule has 0 aliphatic heterocycles. The minimum absolute atomic E-state index is 0.119. The van der Waals surface area contributed by atoms with E-state index in [2.05, 4.69) is 10.6 Å². The summed E-state index contributed by atoms with van der Waals surface area (Å²) in [7, 11) is 0. The Morgan fingerprint density at radius 1 is 1.40 bits per heavy atom. The molecule has 2 rings (SSSR count). The summed E-state index contributed by atoms with van der Waals surface area (Å²) in [5.74, 6) is 1.02. The van der Waals surface area contributed by atoms with Crippen LogP contribution < -0.4 is 15.4 Å². The molecular weight excluding hydrogens is 259 g/mol. The standard InChI is InChI=1S/C15H21FN2O2/c1-11(12-3-4-12)18-15(19)17-9-2-10-20-14-7-5-13(16)6-8-14/h5-8,11-12H,2-4,9-10H2,1H3,(H2,17,18,19). The van der Waals surface area contributed by atoms with Crippen LogP contribution in [0.5, 0.6) is 5.75 Å². The first kappa shape index (κ1) is 14.6. The van der Waals surface area contributed by atoms with Crippen molar-refractivity contribution in [2.45, 2.75) is 32.2 Å². The summed E-state index contributed by atoms with van der Waals surface area (Å²) in [6.07, 6.45) is 3.14. The quantitative estimate of drug-likeness (QED) is 0.754. The zero-order valence-corrected chi connectivity index (χ0v) is 11.7. The summed E-state index contributed by atoms with van der Waals surface area (Å²) in [5.41, 5.74) is 0. The second-order valence-corrected chi connectivity index (χ2v) is 5.18. The minimum Gasteiger partial charge on any atom is -0.494 e. The summed E-state index contributed by atoms with van der Waals surface area (Å²) in [5, 5.41) is 5.73. The van der Waals surface area contributed by atoms with E-state index in [0.717, 1.165) is 0 Å². The van der Waals surface area contributed by atoms with Gasteiger partial charge in [0.25, 0.3) is 0 Å². The fourth-order valence-electron chi connectivity index (χ4n) is 1.97. The van der Waals surface area contributed by atoms with Crippen LogP contribution in [-0.4, -0.2) is 25.2 Å². The van der Waals surface area contributed by atoms with Crippen molar-refractivity contribution in [2.24, 2.45) is 5.92 Å². The molecule has 1 aliphatic carbocycles. The highest BCUT2D eigenvalue weighted by molar-refractivity contribution is 5.74. The van der Waals surface area contributed by atoms with Crippen LogP contribution in [0, 0.1) is 11.7 Å². The van der Waals surface area contributed by atoms with E-state index in [9.17, 15) is 9.18 Å². The van der Waals surface area contributed by atoms with Crippen LogP contribution in [0.25, 0.3) is 0 Å². The van der Waals surface area contributed by atoms with E-state index in [1.807, 2.05) is 6.92 Å². The number of hydrogen-bond acceptors (Lipinski definition) is 2. The number of carbonyl (C=O) groups is 1. The van der Waals surface area contributed by atoms with Crippen LogP contribution in [0.4, 0.5) is 9.18 Å². The van der Waals surface area contributed by atoms with Gasteiger partial charge in [0, 0.05) is 12.6 Å². The molecule has 0 radical (unpaired) electrons. The van der Waals surface area contributed by atoms with Crippen LogP contribution in [-0.2, 0) is 0 Å². The number of nitrogens with one attached hydrogen (secondary N) is 2. The molecule has 0 saturated heterocycles. The molecule has 1 aliphatic rings. The average molecular weight is 280 g/mol. The lowest BCUT2D eigenvalue weighted by Gasteiger charge is -2.13. The van der Waals surface area contributed by atoms with Gasteiger partial charge in [0.2, 0.25) is 0 Å². The van der Waals surface area contributed by atoms with Gasteiger partial charge >= 0.3 is 6.03 Å².